The fraction of sp³-hybridized carbons (Fsp3) is 0.600. The van der Waals surface area contributed by atoms with Crippen LogP contribution in [0.25, 0.3) is 0 Å². The normalized spacial score (nSPS) is 24.7. The Labute approximate surface area is 155 Å². The van der Waals surface area contributed by atoms with E-state index in [0.717, 1.165) is 19.5 Å². The summed E-state index contributed by atoms with van der Waals surface area (Å²) in [5.41, 5.74) is 1.99. The van der Waals surface area contributed by atoms with Crippen molar-refractivity contribution < 1.29 is 5.11 Å². The van der Waals surface area contributed by atoms with Gasteiger partial charge in [-0.3, -0.25) is 0 Å². The van der Waals surface area contributed by atoms with Gasteiger partial charge in [0.1, 0.15) is 5.69 Å². The number of hydrogen-bond acceptors (Lipinski definition) is 5. The van der Waals surface area contributed by atoms with E-state index in [9.17, 15) is 5.11 Å². The molecule has 1 aromatic heterocycles. The molecule has 1 aliphatic heterocycles. The number of nitrogens with zero attached hydrogens (tertiary/aromatic N) is 4. The van der Waals surface area contributed by atoms with Crippen molar-refractivity contribution in [1.82, 2.24) is 20.3 Å². The molecule has 26 heavy (non-hydrogen) atoms. The highest BCUT2D eigenvalue weighted by Crippen LogP contribution is 2.30. The molecule has 0 amide bonds. The predicted octanol–water partition coefficient (Wildman–Crippen LogP) is 2.51. The van der Waals surface area contributed by atoms with Crippen molar-refractivity contribution in [3.05, 3.63) is 42.2 Å². The number of rotatable bonds is 5. The van der Waals surface area contributed by atoms with Crippen molar-refractivity contribution in [3.8, 4) is 0 Å². The molecule has 1 saturated carbocycles. The van der Waals surface area contributed by atoms with Crippen molar-refractivity contribution in [2.75, 3.05) is 18.0 Å². The average Bonchev–Trinajstić information content (AvgIpc) is 3.19. The van der Waals surface area contributed by atoms with Gasteiger partial charge < -0.3 is 15.3 Å². The molecule has 2 fully saturated rings. The molecular weight excluding hydrogens is 326 g/mol. The molecule has 6 nitrogen and oxygen atoms in total. The second-order valence-corrected chi connectivity index (χ2v) is 7.57. The molecular formula is C20H29N5O. The minimum absolute atomic E-state index is 0.0389. The van der Waals surface area contributed by atoms with Crippen LogP contribution in [0.5, 0.6) is 0 Å². The topological polar surface area (TPSA) is 66.2 Å². The summed E-state index contributed by atoms with van der Waals surface area (Å²) in [7, 11) is 0. The summed E-state index contributed by atoms with van der Waals surface area (Å²) < 4.78 is 1.97. The van der Waals surface area contributed by atoms with Crippen molar-refractivity contribution in [2.45, 2.75) is 63.3 Å². The van der Waals surface area contributed by atoms with Crippen molar-refractivity contribution in [1.29, 1.82) is 0 Å². The van der Waals surface area contributed by atoms with E-state index >= 15 is 0 Å². The van der Waals surface area contributed by atoms with Crippen LogP contribution in [-0.2, 0) is 6.61 Å². The van der Waals surface area contributed by atoms with E-state index in [1.54, 1.807) is 0 Å². The molecule has 0 spiro atoms. The van der Waals surface area contributed by atoms with Gasteiger partial charge in [-0.25, -0.2) is 4.68 Å². The summed E-state index contributed by atoms with van der Waals surface area (Å²) in [5.74, 6) is 0. The number of aliphatic hydroxyl groups excluding tert-OH is 1. The first-order chi connectivity index (χ1) is 12.8. The SMILES string of the molecule is OCc1cn([C@@H]2CCCC[C@@H]2NC2CCN(c3ccccc3)CC2)nn1. The van der Waals surface area contributed by atoms with Gasteiger partial charge in [0, 0.05) is 30.9 Å². The van der Waals surface area contributed by atoms with E-state index in [0.29, 0.717) is 23.8 Å². The number of nitrogens with one attached hydrogen (secondary N) is 1. The van der Waals surface area contributed by atoms with Crippen LogP contribution in [0, 0.1) is 0 Å². The number of aliphatic hydroxyl groups is 1. The van der Waals surface area contributed by atoms with E-state index in [1.165, 1.54) is 37.8 Å². The minimum atomic E-state index is -0.0389. The van der Waals surface area contributed by atoms with Crippen LogP contribution in [-0.4, -0.2) is 45.3 Å². The summed E-state index contributed by atoms with van der Waals surface area (Å²) in [5, 5.41) is 21.5. The lowest BCUT2D eigenvalue weighted by Gasteiger charge is -2.39. The molecule has 6 heteroatoms. The van der Waals surface area contributed by atoms with Crippen molar-refractivity contribution in [3.63, 3.8) is 0 Å². The van der Waals surface area contributed by atoms with E-state index in [2.05, 4.69) is 50.9 Å². The van der Waals surface area contributed by atoms with Crippen LogP contribution >= 0.6 is 0 Å². The number of hydrogen-bond donors (Lipinski definition) is 2. The predicted molar refractivity (Wildman–Crippen MR) is 102 cm³/mol. The zero-order valence-electron chi connectivity index (χ0n) is 15.3. The molecule has 0 unspecified atom stereocenters. The van der Waals surface area contributed by atoms with Crippen LogP contribution in [0.15, 0.2) is 36.5 Å². The molecule has 1 aromatic carbocycles. The maximum atomic E-state index is 9.26. The number of anilines is 1. The number of benzene rings is 1. The molecule has 1 aliphatic carbocycles. The summed E-state index contributed by atoms with van der Waals surface area (Å²) in [4.78, 5) is 2.49. The molecule has 2 heterocycles. The second kappa shape index (κ2) is 8.18. The van der Waals surface area contributed by atoms with Gasteiger partial charge in [-0.05, 0) is 37.8 Å². The van der Waals surface area contributed by atoms with Crippen LogP contribution in [0.4, 0.5) is 5.69 Å². The van der Waals surface area contributed by atoms with Gasteiger partial charge in [0.05, 0.1) is 18.8 Å². The van der Waals surface area contributed by atoms with E-state index in [1.807, 2.05) is 10.9 Å². The number of para-hydroxylation sites is 1. The van der Waals surface area contributed by atoms with Gasteiger partial charge >= 0.3 is 0 Å². The molecule has 1 saturated heterocycles. The first-order valence-corrected chi connectivity index (χ1v) is 9.91. The molecule has 0 bridgehead atoms. The van der Waals surface area contributed by atoms with Gasteiger partial charge in [0.15, 0.2) is 0 Å². The Morgan fingerprint density at radius 1 is 1.04 bits per heavy atom. The molecule has 0 radical (unpaired) electrons. The maximum absolute atomic E-state index is 9.26. The molecule has 2 atom stereocenters. The lowest BCUT2D eigenvalue weighted by molar-refractivity contribution is 0.216. The third-order valence-corrected chi connectivity index (χ3v) is 5.86. The van der Waals surface area contributed by atoms with Gasteiger partial charge in [-0.15, -0.1) is 5.10 Å². The Bertz CT molecular complexity index is 681. The Morgan fingerprint density at radius 2 is 1.81 bits per heavy atom. The van der Waals surface area contributed by atoms with Gasteiger partial charge in [0.2, 0.25) is 0 Å². The lowest BCUT2D eigenvalue weighted by atomic mass is 9.89. The fourth-order valence-corrected chi connectivity index (χ4v) is 4.42. The van der Waals surface area contributed by atoms with Crippen LogP contribution in [0.3, 0.4) is 0 Å². The zero-order valence-corrected chi connectivity index (χ0v) is 15.3. The van der Waals surface area contributed by atoms with E-state index in [-0.39, 0.29) is 6.61 Å². The van der Waals surface area contributed by atoms with Crippen molar-refractivity contribution in [2.24, 2.45) is 0 Å². The highest BCUT2D eigenvalue weighted by atomic mass is 16.3. The molecule has 140 valence electrons. The summed E-state index contributed by atoms with van der Waals surface area (Å²) in [6.07, 6.45) is 9.10. The lowest BCUT2D eigenvalue weighted by Crippen LogP contribution is -2.49. The highest BCUT2D eigenvalue weighted by molar-refractivity contribution is 5.46. The minimum Gasteiger partial charge on any atom is -0.390 e. The Morgan fingerprint density at radius 3 is 2.54 bits per heavy atom. The van der Waals surface area contributed by atoms with E-state index < -0.39 is 0 Å². The average molecular weight is 355 g/mol. The number of aromatic nitrogens is 3. The van der Waals surface area contributed by atoms with Crippen LogP contribution in [0.1, 0.15) is 50.3 Å². The first kappa shape index (κ1) is 17.5. The zero-order chi connectivity index (χ0) is 17.8. The first-order valence-electron chi connectivity index (χ1n) is 9.91. The van der Waals surface area contributed by atoms with Crippen molar-refractivity contribution >= 4 is 5.69 Å². The number of piperidine rings is 1. The Balaban J connectivity index is 1.35. The third kappa shape index (κ3) is 3.91. The monoisotopic (exact) mass is 355 g/mol. The summed E-state index contributed by atoms with van der Waals surface area (Å²) in [6, 6.07) is 12.1. The second-order valence-electron chi connectivity index (χ2n) is 7.57. The standard InChI is InChI=1S/C20H29N5O/c26-15-17-14-25(23-22-17)20-9-5-4-8-19(20)21-16-10-12-24(13-11-16)18-6-2-1-3-7-18/h1-3,6-7,14,16,19-21,26H,4-5,8-13,15H2/t19-,20+/m0/s1. The summed E-state index contributed by atoms with van der Waals surface area (Å²) >= 11 is 0. The molecule has 2 aliphatic rings. The molecule has 2 N–H and O–H groups in total. The van der Waals surface area contributed by atoms with Gasteiger partial charge in [-0.1, -0.05) is 36.3 Å². The smallest absolute Gasteiger partial charge is 0.108 e. The van der Waals surface area contributed by atoms with Crippen LogP contribution < -0.4 is 10.2 Å². The van der Waals surface area contributed by atoms with Crippen LogP contribution in [0.2, 0.25) is 0 Å². The molecule has 2 aromatic rings. The third-order valence-electron chi connectivity index (χ3n) is 5.86. The Hall–Kier alpha value is -1.92. The quantitative estimate of drug-likeness (QED) is 0.863. The largest absolute Gasteiger partial charge is 0.390 e. The summed E-state index contributed by atoms with van der Waals surface area (Å²) in [6.45, 7) is 2.18. The Kier molecular flexibility index (Phi) is 5.51. The highest BCUT2D eigenvalue weighted by Gasteiger charge is 2.30. The maximum Gasteiger partial charge on any atom is 0.108 e. The van der Waals surface area contributed by atoms with Gasteiger partial charge in [0.25, 0.3) is 0 Å². The molecule has 4 rings (SSSR count). The van der Waals surface area contributed by atoms with Gasteiger partial charge in [-0.2, -0.15) is 0 Å². The fourth-order valence-electron chi connectivity index (χ4n) is 4.42. The van der Waals surface area contributed by atoms with E-state index in [4.69, 9.17) is 0 Å².